The predicted octanol–water partition coefficient (Wildman–Crippen LogP) is 2.42. The molecule has 3 rings (SSSR count). The maximum Gasteiger partial charge on any atom is 0.145 e. The summed E-state index contributed by atoms with van der Waals surface area (Å²) < 4.78 is 5.32. The highest BCUT2D eigenvalue weighted by Crippen LogP contribution is 2.30. The van der Waals surface area contributed by atoms with Gasteiger partial charge in [-0.05, 0) is 31.4 Å². The van der Waals surface area contributed by atoms with Crippen LogP contribution in [0.2, 0.25) is 0 Å². The SMILES string of the molecule is COc1cccc2c(N[C@H]3CC[C@@H](C=O)C3)ncnc12. The van der Waals surface area contributed by atoms with Gasteiger partial charge in [-0.15, -0.1) is 0 Å². The number of fused-ring (bicyclic) bond motifs is 1. The lowest BCUT2D eigenvalue weighted by Crippen LogP contribution is -2.17. The number of hydrogen-bond donors (Lipinski definition) is 1. The Labute approximate surface area is 117 Å². The van der Waals surface area contributed by atoms with E-state index in [9.17, 15) is 4.79 Å². The van der Waals surface area contributed by atoms with Crippen molar-refractivity contribution < 1.29 is 9.53 Å². The van der Waals surface area contributed by atoms with Crippen molar-refractivity contribution in [2.75, 3.05) is 12.4 Å². The van der Waals surface area contributed by atoms with Gasteiger partial charge in [-0.2, -0.15) is 0 Å². The summed E-state index contributed by atoms with van der Waals surface area (Å²) in [5.74, 6) is 1.73. The van der Waals surface area contributed by atoms with Crippen LogP contribution < -0.4 is 10.1 Å². The van der Waals surface area contributed by atoms with Crippen LogP contribution in [0.5, 0.6) is 5.75 Å². The van der Waals surface area contributed by atoms with Gasteiger partial charge in [-0.1, -0.05) is 6.07 Å². The molecule has 1 saturated carbocycles. The minimum absolute atomic E-state index is 0.176. The van der Waals surface area contributed by atoms with Crippen LogP contribution in [0.3, 0.4) is 0 Å². The van der Waals surface area contributed by atoms with E-state index in [1.165, 1.54) is 0 Å². The molecule has 0 saturated heterocycles. The Morgan fingerprint density at radius 1 is 1.35 bits per heavy atom. The van der Waals surface area contributed by atoms with Gasteiger partial charge in [0.2, 0.25) is 0 Å². The molecular weight excluding hydrogens is 254 g/mol. The second-order valence-electron chi connectivity index (χ2n) is 5.13. The molecule has 0 aliphatic heterocycles. The second kappa shape index (κ2) is 5.45. The van der Waals surface area contributed by atoms with E-state index >= 15 is 0 Å². The Morgan fingerprint density at radius 2 is 2.25 bits per heavy atom. The molecule has 0 amide bonds. The summed E-state index contributed by atoms with van der Waals surface area (Å²) in [6, 6.07) is 6.09. The summed E-state index contributed by atoms with van der Waals surface area (Å²) >= 11 is 0. The number of rotatable bonds is 4. The van der Waals surface area contributed by atoms with Crippen LogP contribution in [0.15, 0.2) is 24.5 Å². The van der Waals surface area contributed by atoms with Crippen LogP contribution in [0, 0.1) is 5.92 Å². The Morgan fingerprint density at radius 3 is 3.00 bits per heavy atom. The zero-order valence-electron chi connectivity index (χ0n) is 11.4. The number of nitrogens with one attached hydrogen (secondary N) is 1. The van der Waals surface area contributed by atoms with E-state index in [4.69, 9.17) is 4.74 Å². The number of benzene rings is 1. The van der Waals surface area contributed by atoms with Crippen LogP contribution in [0.25, 0.3) is 10.9 Å². The first-order valence-corrected chi connectivity index (χ1v) is 6.81. The Kier molecular flexibility index (Phi) is 3.50. The average molecular weight is 271 g/mol. The zero-order valence-corrected chi connectivity index (χ0v) is 11.4. The molecule has 5 nitrogen and oxygen atoms in total. The number of anilines is 1. The van der Waals surface area contributed by atoms with Crippen molar-refractivity contribution in [2.24, 2.45) is 5.92 Å². The van der Waals surface area contributed by atoms with Gasteiger partial charge >= 0.3 is 0 Å². The van der Waals surface area contributed by atoms with Gasteiger partial charge in [0.05, 0.1) is 7.11 Å². The lowest BCUT2D eigenvalue weighted by Gasteiger charge is -2.15. The first-order chi connectivity index (χ1) is 9.81. The van der Waals surface area contributed by atoms with Gasteiger partial charge in [0.25, 0.3) is 0 Å². The largest absolute Gasteiger partial charge is 0.494 e. The Hall–Kier alpha value is -2.17. The number of nitrogens with zero attached hydrogens (tertiary/aromatic N) is 2. The smallest absolute Gasteiger partial charge is 0.145 e. The molecule has 0 spiro atoms. The van der Waals surface area contributed by atoms with Crippen LogP contribution in [0.4, 0.5) is 5.82 Å². The van der Waals surface area contributed by atoms with Crippen LogP contribution in [-0.2, 0) is 4.79 Å². The van der Waals surface area contributed by atoms with E-state index in [0.29, 0.717) is 6.04 Å². The quantitative estimate of drug-likeness (QED) is 0.865. The minimum Gasteiger partial charge on any atom is -0.494 e. The fourth-order valence-corrected chi connectivity index (χ4v) is 2.80. The van der Waals surface area contributed by atoms with E-state index in [-0.39, 0.29) is 5.92 Å². The van der Waals surface area contributed by atoms with Crippen LogP contribution in [0.1, 0.15) is 19.3 Å². The highest BCUT2D eigenvalue weighted by Gasteiger charge is 2.24. The topological polar surface area (TPSA) is 64.1 Å². The third-order valence-corrected chi connectivity index (χ3v) is 3.85. The number of carbonyl (C=O) groups is 1. The molecular formula is C15H17N3O2. The van der Waals surface area contributed by atoms with Crippen molar-refractivity contribution >= 4 is 23.0 Å². The summed E-state index contributed by atoms with van der Waals surface area (Å²) in [4.78, 5) is 19.4. The number of para-hydroxylation sites is 1. The van der Waals surface area contributed by atoms with E-state index in [1.54, 1.807) is 13.4 Å². The third kappa shape index (κ3) is 2.31. The summed E-state index contributed by atoms with van der Waals surface area (Å²) in [7, 11) is 1.63. The molecule has 20 heavy (non-hydrogen) atoms. The number of methoxy groups -OCH3 is 1. The van der Waals surface area contributed by atoms with E-state index < -0.39 is 0 Å². The predicted molar refractivity (Wildman–Crippen MR) is 76.9 cm³/mol. The average Bonchev–Trinajstić information content (AvgIpc) is 2.95. The van der Waals surface area contributed by atoms with Gasteiger partial charge in [-0.3, -0.25) is 0 Å². The molecule has 2 aromatic rings. The molecule has 1 heterocycles. The molecule has 2 atom stereocenters. The molecule has 0 radical (unpaired) electrons. The molecule has 5 heteroatoms. The summed E-state index contributed by atoms with van der Waals surface area (Å²) in [5.41, 5.74) is 0.803. The van der Waals surface area contributed by atoms with E-state index in [0.717, 1.165) is 48.0 Å². The second-order valence-corrected chi connectivity index (χ2v) is 5.13. The highest BCUT2D eigenvalue weighted by molar-refractivity contribution is 5.92. The highest BCUT2D eigenvalue weighted by atomic mass is 16.5. The molecule has 104 valence electrons. The Bertz CT molecular complexity index is 630. The fourth-order valence-electron chi connectivity index (χ4n) is 2.80. The van der Waals surface area contributed by atoms with E-state index in [1.807, 2.05) is 18.2 Å². The lowest BCUT2D eigenvalue weighted by molar-refractivity contribution is -0.110. The monoisotopic (exact) mass is 271 g/mol. The summed E-state index contributed by atoms with van der Waals surface area (Å²) in [5, 5.41) is 4.38. The van der Waals surface area contributed by atoms with Gasteiger partial charge < -0.3 is 14.8 Å². The van der Waals surface area contributed by atoms with Crippen LogP contribution in [-0.4, -0.2) is 29.4 Å². The van der Waals surface area contributed by atoms with Gasteiger partial charge in [-0.25, -0.2) is 9.97 Å². The van der Waals surface area contributed by atoms with Crippen molar-refractivity contribution in [1.29, 1.82) is 0 Å². The number of carbonyl (C=O) groups excluding carboxylic acids is 1. The van der Waals surface area contributed by atoms with Crippen molar-refractivity contribution in [1.82, 2.24) is 9.97 Å². The molecule has 1 aromatic heterocycles. The van der Waals surface area contributed by atoms with E-state index in [2.05, 4.69) is 15.3 Å². The van der Waals surface area contributed by atoms with Crippen molar-refractivity contribution in [3.63, 3.8) is 0 Å². The standard InChI is InChI=1S/C15H17N3O2/c1-20-13-4-2-3-12-14(13)16-9-17-15(12)18-11-6-5-10(7-11)8-19/h2-4,8-11H,5-7H2,1H3,(H,16,17,18)/t10-,11+/m1/s1. The molecule has 1 aliphatic rings. The number of aromatic nitrogens is 2. The molecule has 0 bridgehead atoms. The minimum atomic E-state index is 0.176. The fraction of sp³-hybridized carbons (Fsp3) is 0.400. The number of hydrogen-bond acceptors (Lipinski definition) is 5. The molecule has 1 aromatic carbocycles. The Balaban J connectivity index is 1.90. The number of ether oxygens (including phenoxy) is 1. The van der Waals surface area contributed by atoms with Crippen molar-refractivity contribution in [2.45, 2.75) is 25.3 Å². The normalized spacial score (nSPS) is 21.9. The first kappa shape index (κ1) is 12.8. The van der Waals surface area contributed by atoms with Crippen LogP contribution >= 0.6 is 0 Å². The van der Waals surface area contributed by atoms with Gasteiger partial charge in [0.15, 0.2) is 0 Å². The van der Waals surface area contributed by atoms with Crippen molar-refractivity contribution in [3.8, 4) is 5.75 Å². The summed E-state index contributed by atoms with van der Waals surface area (Å²) in [6.07, 6.45) is 5.42. The molecule has 1 N–H and O–H groups in total. The lowest BCUT2D eigenvalue weighted by atomic mass is 10.1. The zero-order chi connectivity index (χ0) is 13.9. The maximum atomic E-state index is 10.8. The molecule has 1 fully saturated rings. The molecule has 1 aliphatic carbocycles. The number of aldehydes is 1. The molecule has 0 unspecified atom stereocenters. The van der Waals surface area contributed by atoms with Gasteiger partial charge in [0.1, 0.15) is 29.7 Å². The first-order valence-electron chi connectivity index (χ1n) is 6.81. The summed E-state index contributed by atoms with van der Waals surface area (Å²) in [6.45, 7) is 0. The third-order valence-electron chi connectivity index (χ3n) is 3.85. The van der Waals surface area contributed by atoms with Crippen molar-refractivity contribution in [3.05, 3.63) is 24.5 Å². The maximum absolute atomic E-state index is 10.8. The van der Waals surface area contributed by atoms with Gasteiger partial charge in [0, 0.05) is 17.3 Å².